The third-order valence-corrected chi connectivity index (χ3v) is 3.82. The molecule has 1 aliphatic heterocycles. The fourth-order valence-corrected chi connectivity index (χ4v) is 2.89. The Morgan fingerprint density at radius 1 is 1.61 bits per heavy atom. The van der Waals surface area contributed by atoms with E-state index in [4.69, 9.17) is 34.3 Å². The van der Waals surface area contributed by atoms with Crippen LogP contribution in [0.4, 0.5) is 0 Å². The van der Waals surface area contributed by atoms with Gasteiger partial charge in [0.1, 0.15) is 5.75 Å². The van der Waals surface area contributed by atoms with Crippen molar-refractivity contribution in [3.8, 4) is 5.75 Å². The van der Waals surface area contributed by atoms with Gasteiger partial charge < -0.3 is 10.5 Å². The average Bonchev–Trinajstić information content (AvgIpc) is 2.77. The molecule has 0 aliphatic carbocycles. The van der Waals surface area contributed by atoms with Gasteiger partial charge in [-0.05, 0) is 37.6 Å². The summed E-state index contributed by atoms with van der Waals surface area (Å²) in [5, 5.41) is 0.719. The van der Waals surface area contributed by atoms with Crippen LogP contribution >= 0.6 is 23.8 Å². The zero-order chi connectivity index (χ0) is 13.1. The summed E-state index contributed by atoms with van der Waals surface area (Å²) in [6.45, 7) is 1.78. The third kappa shape index (κ3) is 2.94. The number of ether oxygens (including phenoxy) is 1. The summed E-state index contributed by atoms with van der Waals surface area (Å²) in [5.74, 6) is 0.855. The highest BCUT2D eigenvalue weighted by molar-refractivity contribution is 7.80. The van der Waals surface area contributed by atoms with Gasteiger partial charge in [0.2, 0.25) is 0 Å². The van der Waals surface area contributed by atoms with E-state index in [1.807, 2.05) is 18.2 Å². The first-order chi connectivity index (χ1) is 8.61. The fraction of sp³-hybridized carbons (Fsp3) is 0.462. The molecule has 1 fully saturated rings. The average molecular weight is 285 g/mol. The fourth-order valence-electron chi connectivity index (χ4n) is 2.43. The molecule has 5 heteroatoms. The molecule has 0 amide bonds. The van der Waals surface area contributed by atoms with E-state index >= 15 is 0 Å². The molecule has 0 radical (unpaired) electrons. The van der Waals surface area contributed by atoms with E-state index < -0.39 is 0 Å². The smallest absolute Gasteiger partial charge is 0.123 e. The van der Waals surface area contributed by atoms with E-state index in [0.29, 0.717) is 4.99 Å². The summed E-state index contributed by atoms with van der Waals surface area (Å²) < 4.78 is 5.36. The summed E-state index contributed by atoms with van der Waals surface area (Å²) in [5.41, 5.74) is 6.85. The van der Waals surface area contributed by atoms with E-state index in [2.05, 4.69) is 4.90 Å². The zero-order valence-electron chi connectivity index (χ0n) is 10.4. The molecule has 0 aromatic heterocycles. The van der Waals surface area contributed by atoms with Gasteiger partial charge in [0.05, 0.1) is 18.1 Å². The Balaban J connectivity index is 2.18. The highest BCUT2D eigenvalue weighted by atomic mass is 35.5. The lowest BCUT2D eigenvalue weighted by Gasteiger charge is -2.24. The molecule has 1 aromatic carbocycles. The topological polar surface area (TPSA) is 38.5 Å². The predicted octanol–water partition coefficient (Wildman–Crippen LogP) is 2.60. The van der Waals surface area contributed by atoms with Gasteiger partial charge in [-0.3, -0.25) is 4.90 Å². The molecule has 1 atom stereocenters. The molecule has 1 saturated heterocycles. The quantitative estimate of drug-likeness (QED) is 0.863. The summed E-state index contributed by atoms with van der Waals surface area (Å²) in [6, 6.07) is 5.86. The molecule has 2 N–H and O–H groups in total. The largest absolute Gasteiger partial charge is 0.496 e. The lowest BCUT2D eigenvalue weighted by Crippen LogP contribution is -2.38. The number of nitrogens with zero attached hydrogens (tertiary/aromatic N) is 1. The van der Waals surface area contributed by atoms with Gasteiger partial charge in [-0.25, -0.2) is 0 Å². The number of halogens is 1. The van der Waals surface area contributed by atoms with Crippen molar-refractivity contribution in [1.29, 1.82) is 0 Å². The number of rotatable bonds is 4. The van der Waals surface area contributed by atoms with E-state index in [0.717, 1.165) is 42.3 Å². The molecular weight excluding hydrogens is 268 g/mol. The zero-order valence-corrected chi connectivity index (χ0v) is 11.9. The Kier molecular flexibility index (Phi) is 4.43. The van der Waals surface area contributed by atoms with Gasteiger partial charge in [-0.2, -0.15) is 0 Å². The highest BCUT2D eigenvalue weighted by Gasteiger charge is 2.27. The standard InChI is InChI=1S/C13H17ClN2OS/c1-17-12-5-4-10(14)7-9(12)8-16-6-2-3-11(16)13(15)18/h4-5,7,11H,2-3,6,8H2,1H3,(H2,15,18). The first kappa shape index (κ1) is 13.6. The van der Waals surface area contributed by atoms with Gasteiger partial charge in [0, 0.05) is 17.1 Å². The van der Waals surface area contributed by atoms with Crippen LogP contribution < -0.4 is 10.5 Å². The first-order valence-electron chi connectivity index (χ1n) is 5.97. The maximum absolute atomic E-state index is 6.03. The minimum Gasteiger partial charge on any atom is -0.496 e. The third-order valence-electron chi connectivity index (χ3n) is 3.31. The van der Waals surface area contributed by atoms with Crippen molar-refractivity contribution in [1.82, 2.24) is 4.90 Å². The maximum atomic E-state index is 6.03. The minimum absolute atomic E-state index is 0.198. The molecule has 2 rings (SSSR count). The molecule has 18 heavy (non-hydrogen) atoms. The van der Waals surface area contributed by atoms with E-state index in [1.54, 1.807) is 7.11 Å². The van der Waals surface area contributed by atoms with Crippen LogP contribution in [0.1, 0.15) is 18.4 Å². The molecule has 1 aliphatic rings. The number of thiocarbonyl (C=S) groups is 1. The Morgan fingerprint density at radius 3 is 3.06 bits per heavy atom. The van der Waals surface area contributed by atoms with E-state index in [9.17, 15) is 0 Å². The molecule has 0 saturated carbocycles. The van der Waals surface area contributed by atoms with Crippen molar-refractivity contribution in [2.45, 2.75) is 25.4 Å². The molecule has 1 unspecified atom stereocenters. The van der Waals surface area contributed by atoms with Crippen LogP contribution in [-0.4, -0.2) is 29.6 Å². The lowest BCUT2D eigenvalue weighted by atomic mass is 10.1. The number of methoxy groups -OCH3 is 1. The lowest BCUT2D eigenvalue weighted by molar-refractivity contribution is 0.288. The predicted molar refractivity (Wildman–Crippen MR) is 78.2 cm³/mol. The monoisotopic (exact) mass is 284 g/mol. The maximum Gasteiger partial charge on any atom is 0.123 e. The molecule has 98 valence electrons. The Hall–Kier alpha value is -0.840. The number of nitrogens with two attached hydrogens (primary N) is 1. The van der Waals surface area contributed by atoms with E-state index in [-0.39, 0.29) is 6.04 Å². The van der Waals surface area contributed by atoms with Gasteiger partial charge in [0.25, 0.3) is 0 Å². The van der Waals surface area contributed by atoms with Gasteiger partial charge >= 0.3 is 0 Å². The van der Waals surface area contributed by atoms with Crippen LogP contribution in [0.15, 0.2) is 18.2 Å². The Morgan fingerprint density at radius 2 is 2.39 bits per heavy atom. The van der Waals surface area contributed by atoms with Crippen molar-refractivity contribution in [2.75, 3.05) is 13.7 Å². The van der Waals surface area contributed by atoms with Crippen LogP contribution in [0.2, 0.25) is 5.02 Å². The van der Waals surface area contributed by atoms with Gasteiger partial charge in [-0.1, -0.05) is 23.8 Å². The first-order valence-corrected chi connectivity index (χ1v) is 6.76. The number of likely N-dealkylation sites (tertiary alicyclic amines) is 1. The number of hydrogen-bond acceptors (Lipinski definition) is 3. The molecule has 0 spiro atoms. The molecule has 0 bridgehead atoms. The van der Waals surface area contributed by atoms with Crippen molar-refractivity contribution < 1.29 is 4.74 Å². The van der Waals surface area contributed by atoms with Crippen molar-refractivity contribution in [3.05, 3.63) is 28.8 Å². The summed E-state index contributed by atoms with van der Waals surface area (Å²) >= 11 is 11.1. The van der Waals surface area contributed by atoms with Crippen LogP contribution in [0.5, 0.6) is 5.75 Å². The summed E-state index contributed by atoms with van der Waals surface area (Å²) in [7, 11) is 1.67. The van der Waals surface area contributed by atoms with Crippen LogP contribution in [-0.2, 0) is 6.54 Å². The second kappa shape index (κ2) is 5.87. The number of benzene rings is 1. The second-order valence-corrected chi connectivity index (χ2v) is 5.39. The van der Waals surface area contributed by atoms with Gasteiger partial charge in [-0.15, -0.1) is 0 Å². The van der Waals surface area contributed by atoms with Crippen LogP contribution in [0.25, 0.3) is 0 Å². The molecular formula is C13H17ClN2OS. The Labute approximate surface area is 118 Å². The molecule has 3 nitrogen and oxygen atoms in total. The summed E-state index contributed by atoms with van der Waals surface area (Å²) in [6.07, 6.45) is 2.17. The van der Waals surface area contributed by atoms with Crippen molar-refractivity contribution in [2.24, 2.45) is 5.73 Å². The van der Waals surface area contributed by atoms with Gasteiger partial charge in [0.15, 0.2) is 0 Å². The van der Waals surface area contributed by atoms with Crippen molar-refractivity contribution in [3.63, 3.8) is 0 Å². The normalized spacial score (nSPS) is 20.0. The second-order valence-electron chi connectivity index (χ2n) is 4.49. The highest BCUT2D eigenvalue weighted by Crippen LogP contribution is 2.27. The van der Waals surface area contributed by atoms with Crippen molar-refractivity contribution >= 4 is 28.8 Å². The van der Waals surface area contributed by atoms with E-state index in [1.165, 1.54) is 0 Å². The minimum atomic E-state index is 0.198. The number of hydrogen-bond donors (Lipinski definition) is 1. The van der Waals surface area contributed by atoms with Crippen LogP contribution in [0.3, 0.4) is 0 Å². The summed E-state index contributed by atoms with van der Waals surface area (Å²) in [4.78, 5) is 2.87. The SMILES string of the molecule is COc1ccc(Cl)cc1CN1CCCC1C(N)=S. The Bertz CT molecular complexity index is 453. The van der Waals surface area contributed by atoms with Crippen LogP contribution in [0, 0.1) is 0 Å². The molecule has 1 aromatic rings. The molecule has 1 heterocycles.